The Bertz CT molecular complexity index is 926. The van der Waals surface area contributed by atoms with Crippen molar-refractivity contribution in [1.29, 1.82) is 0 Å². The lowest BCUT2D eigenvalue weighted by molar-refractivity contribution is -0.147. The number of urea groups is 1. The summed E-state index contributed by atoms with van der Waals surface area (Å²) in [5.74, 6) is -1.76. The summed E-state index contributed by atoms with van der Waals surface area (Å²) in [5, 5.41) is 4.50. The van der Waals surface area contributed by atoms with Gasteiger partial charge in [0.05, 0.1) is 12.0 Å². The molecule has 154 valence electrons. The highest BCUT2D eigenvalue weighted by atomic mass is 19.4. The number of anilines is 1. The van der Waals surface area contributed by atoms with Crippen molar-refractivity contribution in [2.75, 3.05) is 11.9 Å². The first-order valence-corrected chi connectivity index (χ1v) is 8.54. The second-order valence-electron chi connectivity index (χ2n) is 6.36. The number of halogens is 3. The zero-order chi connectivity index (χ0) is 21.6. The van der Waals surface area contributed by atoms with Gasteiger partial charge in [-0.2, -0.15) is 13.2 Å². The number of carbonyl (C=O) groups is 3. The van der Waals surface area contributed by atoms with E-state index in [-0.39, 0.29) is 5.56 Å². The molecule has 0 saturated heterocycles. The van der Waals surface area contributed by atoms with E-state index in [1.807, 2.05) is 18.3 Å². The van der Waals surface area contributed by atoms with Gasteiger partial charge in [-0.25, -0.2) is 4.79 Å². The standard InChI is InChI=1S/C20H19F3N2O4/c1-12-6-7-16(13(2)8-12)24-19(28)25-17(26)11-29-18(27)10-14-4-3-5-15(9-14)20(21,22)23/h3-9H,10-11H2,1-2H3,(H2,24,25,26,28). The van der Waals surface area contributed by atoms with Crippen molar-refractivity contribution in [2.45, 2.75) is 26.4 Å². The number of amides is 3. The number of rotatable bonds is 5. The van der Waals surface area contributed by atoms with Crippen molar-refractivity contribution >= 4 is 23.6 Å². The molecule has 6 nitrogen and oxygen atoms in total. The third-order valence-corrected chi connectivity index (χ3v) is 3.85. The lowest BCUT2D eigenvalue weighted by atomic mass is 10.1. The minimum atomic E-state index is -4.52. The van der Waals surface area contributed by atoms with Crippen molar-refractivity contribution in [2.24, 2.45) is 0 Å². The first-order valence-electron chi connectivity index (χ1n) is 8.54. The molecule has 0 bridgehead atoms. The van der Waals surface area contributed by atoms with Crippen LogP contribution in [-0.4, -0.2) is 24.5 Å². The normalized spacial score (nSPS) is 10.9. The van der Waals surface area contributed by atoms with Gasteiger partial charge in [0.1, 0.15) is 0 Å². The van der Waals surface area contributed by atoms with Crippen molar-refractivity contribution in [1.82, 2.24) is 5.32 Å². The minimum absolute atomic E-state index is 0.0952. The molecule has 2 rings (SSSR count). The number of ether oxygens (including phenoxy) is 1. The van der Waals surface area contributed by atoms with Crippen molar-refractivity contribution in [3.8, 4) is 0 Å². The quantitative estimate of drug-likeness (QED) is 0.738. The third kappa shape index (κ3) is 6.95. The van der Waals surface area contributed by atoms with Crippen LogP contribution in [-0.2, 0) is 26.9 Å². The first-order chi connectivity index (χ1) is 13.5. The molecule has 2 N–H and O–H groups in total. The highest BCUT2D eigenvalue weighted by Crippen LogP contribution is 2.29. The number of carbonyl (C=O) groups excluding carboxylic acids is 3. The molecule has 0 heterocycles. The molecule has 0 fully saturated rings. The fraction of sp³-hybridized carbons (Fsp3) is 0.250. The summed E-state index contributed by atoms with van der Waals surface area (Å²) in [6, 6.07) is 8.77. The largest absolute Gasteiger partial charge is 0.455 e. The smallest absolute Gasteiger partial charge is 0.416 e. The Hall–Kier alpha value is -3.36. The lowest BCUT2D eigenvalue weighted by Crippen LogP contribution is -2.37. The molecule has 0 atom stereocenters. The molecule has 0 aromatic heterocycles. The molecule has 0 saturated carbocycles. The Morgan fingerprint density at radius 2 is 1.76 bits per heavy atom. The average Bonchev–Trinajstić information content (AvgIpc) is 2.62. The van der Waals surface area contributed by atoms with Crippen LogP contribution in [0.3, 0.4) is 0 Å². The van der Waals surface area contributed by atoms with Gasteiger partial charge in [-0.1, -0.05) is 35.9 Å². The van der Waals surface area contributed by atoms with Gasteiger partial charge in [0.25, 0.3) is 5.91 Å². The van der Waals surface area contributed by atoms with E-state index in [1.165, 1.54) is 12.1 Å². The van der Waals surface area contributed by atoms with E-state index in [9.17, 15) is 27.6 Å². The van der Waals surface area contributed by atoms with Crippen LogP contribution in [0.15, 0.2) is 42.5 Å². The molecule has 0 aliphatic carbocycles. The summed E-state index contributed by atoms with van der Waals surface area (Å²) in [4.78, 5) is 35.3. The molecule has 0 spiro atoms. The van der Waals surface area contributed by atoms with Gasteiger partial charge in [0, 0.05) is 5.69 Å². The first kappa shape index (κ1) is 21.9. The summed E-state index contributed by atoms with van der Waals surface area (Å²) in [5.41, 5.74) is 1.54. The van der Waals surface area contributed by atoms with Crippen LogP contribution >= 0.6 is 0 Å². The number of imide groups is 1. The molecular weight excluding hydrogens is 389 g/mol. The highest BCUT2D eigenvalue weighted by molar-refractivity contribution is 6.02. The third-order valence-electron chi connectivity index (χ3n) is 3.85. The maximum Gasteiger partial charge on any atom is 0.416 e. The average molecular weight is 408 g/mol. The van der Waals surface area contributed by atoms with Crippen molar-refractivity contribution < 1.29 is 32.3 Å². The minimum Gasteiger partial charge on any atom is -0.455 e. The number of hydrogen-bond donors (Lipinski definition) is 2. The van der Waals surface area contributed by atoms with E-state index in [1.54, 1.807) is 19.1 Å². The Morgan fingerprint density at radius 1 is 1.03 bits per heavy atom. The number of hydrogen-bond acceptors (Lipinski definition) is 4. The van der Waals surface area contributed by atoms with Gasteiger partial charge < -0.3 is 10.1 Å². The Morgan fingerprint density at radius 3 is 2.41 bits per heavy atom. The molecule has 29 heavy (non-hydrogen) atoms. The second kappa shape index (κ2) is 9.22. The summed E-state index contributed by atoms with van der Waals surface area (Å²) >= 11 is 0. The monoisotopic (exact) mass is 408 g/mol. The zero-order valence-corrected chi connectivity index (χ0v) is 15.7. The molecule has 2 aromatic carbocycles. The summed E-state index contributed by atoms with van der Waals surface area (Å²) < 4.78 is 42.7. The molecule has 9 heteroatoms. The molecular formula is C20H19F3N2O4. The number of alkyl halides is 3. The Balaban J connectivity index is 1.81. The highest BCUT2D eigenvalue weighted by Gasteiger charge is 2.30. The maximum atomic E-state index is 12.7. The zero-order valence-electron chi connectivity index (χ0n) is 15.7. The van der Waals surface area contributed by atoms with E-state index < -0.39 is 42.7 Å². The predicted molar refractivity (Wildman–Crippen MR) is 99.2 cm³/mol. The molecule has 3 amide bonds. The summed E-state index contributed by atoms with van der Waals surface area (Å²) in [6.45, 7) is 2.95. The van der Waals surface area contributed by atoms with Gasteiger partial charge >= 0.3 is 18.2 Å². The van der Waals surface area contributed by atoms with Crippen LogP contribution < -0.4 is 10.6 Å². The lowest BCUT2D eigenvalue weighted by Gasteiger charge is -2.10. The molecule has 2 aromatic rings. The number of esters is 1. The van der Waals surface area contributed by atoms with Gasteiger partial charge in [0.15, 0.2) is 6.61 Å². The fourth-order valence-electron chi connectivity index (χ4n) is 2.49. The van der Waals surface area contributed by atoms with Crippen LogP contribution in [0.5, 0.6) is 0 Å². The number of benzene rings is 2. The molecule has 0 unspecified atom stereocenters. The van der Waals surface area contributed by atoms with Crippen molar-refractivity contribution in [3.05, 3.63) is 64.7 Å². The summed E-state index contributed by atoms with van der Waals surface area (Å²) in [7, 11) is 0. The molecule has 0 aliphatic heterocycles. The second-order valence-corrected chi connectivity index (χ2v) is 6.36. The van der Waals surface area contributed by atoms with Crippen LogP contribution in [0.1, 0.15) is 22.3 Å². The molecule has 0 aliphatic rings. The van der Waals surface area contributed by atoms with Gasteiger partial charge in [0.2, 0.25) is 0 Å². The Kier molecular flexibility index (Phi) is 6.98. The van der Waals surface area contributed by atoms with Gasteiger partial charge in [-0.3, -0.25) is 14.9 Å². The molecule has 0 radical (unpaired) electrons. The van der Waals surface area contributed by atoms with E-state index in [0.717, 1.165) is 23.3 Å². The maximum absolute atomic E-state index is 12.7. The fourth-order valence-corrected chi connectivity index (χ4v) is 2.49. The van der Waals surface area contributed by atoms with Gasteiger partial charge in [-0.15, -0.1) is 0 Å². The van der Waals surface area contributed by atoms with Crippen LogP contribution in [0, 0.1) is 13.8 Å². The van der Waals surface area contributed by atoms with Crippen LogP contribution in [0.4, 0.5) is 23.7 Å². The Labute approximate surface area is 165 Å². The van der Waals surface area contributed by atoms with Gasteiger partial charge in [-0.05, 0) is 37.1 Å². The van der Waals surface area contributed by atoms with E-state index in [0.29, 0.717) is 5.69 Å². The number of aryl methyl sites for hydroxylation is 2. The topological polar surface area (TPSA) is 84.5 Å². The SMILES string of the molecule is Cc1ccc(NC(=O)NC(=O)COC(=O)Cc2cccc(C(F)(F)F)c2)c(C)c1. The number of nitrogens with one attached hydrogen (secondary N) is 2. The van der Waals surface area contributed by atoms with Crippen LogP contribution in [0.2, 0.25) is 0 Å². The van der Waals surface area contributed by atoms with E-state index >= 15 is 0 Å². The van der Waals surface area contributed by atoms with Crippen molar-refractivity contribution in [3.63, 3.8) is 0 Å². The predicted octanol–water partition coefficient (Wildman–Crippen LogP) is 3.76. The van der Waals surface area contributed by atoms with E-state index in [2.05, 4.69) is 5.32 Å². The summed E-state index contributed by atoms with van der Waals surface area (Å²) in [6.07, 6.45) is -4.96. The van der Waals surface area contributed by atoms with Crippen LogP contribution in [0.25, 0.3) is 0 Å². The van der Waals surface area contributed by atoms with E-state index in [4.69, 9.17) is 4.74 Å².